The standard InChI is InChI=1S/C20H26N2O/c1-15(16-7-3-2-4-8-16)21-13-19-18-10-6-5-9-17(18)11-12-22(19)20(23)14-21/h5-6,9-10,16,19H,1-4,7-8,11-14H2. The Hall–Kier alpha value is -1.77. The first-order valence-corrected chi connectivity index (χ1v) is 9.05. The van der Waals surface area contributed by atoms with E-state index < -0.39 is 0 Å². The third-order valence-electron chi connectivity index (χ3n) is 5.93. The van der Waals surface area contributed by atoms with Crippen LogP contribution in [0.25, 0.3) is 0 Å². The molecule has 1 unspecified atom stereocenters. The second-order valence-corrected chi connectivity index (χ2v) is 7.26. The number of hydrogen-bond acceptors (Lipinski definition) is 2. The molecule has 3 aliphatic rings. The number of fused-ring (bicyclic) bond motifs is 3. The van der Waals surface area contributed by atoms with E-state index in [0.29, 0.717) is 12.5 Å². The molecular formula is C20H26N2O. The quantitative estimate of drug-likeness (QED) is 0.834. The molecule has 4 rings (SSSR count). The van der Waals surface area contributed by atoms with Crippen molar-refractivity contribution in [2.75, 3.05) is 19.6 Å². The van der Waals surface area contributed by atoms with Gasteiger partial charge in [0, 0.05) is 18.8 Å². The highest BCUT2D eigenvalue weighted by Gasteiger charge is 2.38. The number of amides is 1. The van der Waals surface area contributed by atoms with Gasteiger partial charge in [-0.15, -0.1) is 0 Å². The number of hydrogen-bond donors (Lipinski definition) is 0. The summed E-state index contributed by atoms with van der Waals surface area (Å²) in [6.45, 7) is 6.69. The molecule has 0 aromatic heterocycles. The Balaban J connectivity index is 1.57. The van der Waals surface area contributed by atoms with Crippen LogP contribution in [0.15, 0.2) is 36.5 Å². The van der Waals surface area contributed by atoms with E-state index in [0.717, 1.165) is 19.5 Å². The van der Waals surface area contributed by atoms with Gasteiger partial charge in [0.25, 0.3) is 0 Å². The molecule has 1 saturated carbocycles. The third kappa shape index (κ3) is 2.66. The van der Waals surface area contributed by atoms with Crippen molar-refractivity contribution in [3.63, 3.8) is 0 Å². The Kier molecular flexibility index (Phi) is 3.88. The molecule has 3 heteroatoms. The highest BCUT2D eigenvalue weighted by molar-refractivity contribution is 5.80. The van der Waals surface area contributed by atoms with Gasteiger partial charge in [-0.1, -0.05) is 50.1 Å². The van der Waals surface area contributed by atoms with Gasteiger partial charge in [0.2, 0.25) is 5.91 Å². The first-order valence-electron chi connectivity index (χ1n) is 9.05. The zero-order valence-corrected chi connectivity index (χ0v) is 13.8. The minimum absolute atomic E-state index is 0.210. The summed E-state index contributed by atoms with van der Waals surface area (Å²) in [5.41, 5.74) is 3.96. The summed E-state index contributed by atoms with van der Waals surface area (Å²) < 4.78 is 0. The van der Waals surface area contributed by atoms with Crippen molar-refractivity contribution in [3.8, 4) is 0 Å². The van der Waals surface area contributed by atoms with Crippen LogP contribution in [0.4, 0.5) is 0 Å². The fourth-order valence-corrected chi connectivity index (χ4v) is 4.59. The van der Waals surface area contributed by atoms with Gasteiger partial charge in [-0.25, -0.2) is 0 Å². The Labute approximate surface area is 139 Å². The zero-order chi connectivity index (χ0) is 15.8. The highest BCUT2D eigenvalue weighted by Crippen LogP contribution is 2.37. The Morgan fingerprint density at radius 1 is 1.13 bits per heavy atom. The molecule has 3 nitrogen and oxygen atoms in total. The topological polar surface area (TPSA) is 23.6 Å². The monoisotopic (exact) mass is 310 g/mol. The molecule has 1 aromatic carbocycles. The van der Waals surface area contributed by atoms with E-state index in [1.54, 1.807) is 0 Å². The van der Waals surface area contributed by atoms with Crippen LogP contribution < -0.4 is 0 Å². The minimum atomic E-state index is 0.210. The molecule has 2 fully saturated rings. The maximum Gasteiger partial charge on any atom is 0.242 e. The molecule has 23 heavy (non-hydrogen) atoms. The molecule has 1 aromatic rings. The van der Waals surface area contributed by atoms with Crippen molar-refractivity contribution in [3.05, 3.63) is 47.7 Å². The Bertz CT molecular complexity index is 618. The summed E-state index contributed by atoms with van der Waals surface area (Å²) in [5.74, 6) is 0.856. The van der Waals surface area contributed by atoms with Crippen molar-refractivity contribution < 1.29 is 4.79 Å². The average Bonchev–Trinajstić information content (AvgIpc) is 2.61. The summed E-state index contributed by atoms with van der Waals surface area (Å²) in [6.07, 6.45) is 7.45. The lowest BCUT2D eigenvalue weighted by atomic mass is 9.85. The molecular weight excluding hydrogens is 284 g/mol. The summed E-state index contributed by atoms with van der Waals surface area (Å²) in [5, 5.41) is 0. The normalized spacial score (nSPS) is 25.0. The van der Waals surface area contributed by atoms with Crippen molar-refractivity contribution in [2.24, 2.45) is 5.92 Å². The van der Waals surface area contributed by atoms with E-state index >= 15 is 0 Å². The molecule has 2 aliphatic heterocycles. The van der Waals surface area contributed by atoms with E-state index in [2.05, 4.69) is 40.6 Å². The molecule has 0 spiro atoms. The number of nitrogens with zero attached hydrogens (tertiary/aromatic N) is 2. The summed E-state index contributed by atoms with van der Waals surface area (Å²) in [7, 11) is 0. The molecule has 1 aliphatic carbocycles. The van der Waals surface area contributed by atoms with Crippen molar-refractivity contribution in [2.45, 2.75) is 44.6 Å². The lowest BCUT2D eigenvalue weighted by molar-refractivity contribution is -0.139. The van der Waals surface area contributed by atoms with E-state index in [1.807, 2.05) is 0 Å². The minimum Gasteiger partial charge on any atom is -0.363 e. The third-order valence-corrected chi connectivity index (χ3v) is 5.93. The number of rotatable bonds is 2. The molecule has 1 atom stereocenters. The molecule has 122 valence electrons. The second kappa shape index (κ2) is 6.03. The van der Waals surface area contributed by atoms with E-state index in [1.165, 1.54) is 48.9 Å². The molecule has 2 heterocycles. The maximum atomic E-state index is 12.7. The van der Waals surface area contributed by atoms with Gasteiger partial charge in [0.1, 0.15) is 0 Å². The summed E-state index contributed by atoms with van der Waals surface area (Å²) >= 11 is 0. The predicted octanol–water partition coefficient (Wildman–Crippen LogP) is 3.52. The van der Waals surface area contributed by atoms with E-state index in [-0.39, 0.29) is 11.9 Å². The predicted molar refractivity (Wildman–Crippen MR) is 91.9 cm³/mol. The van der Waals surface area contributed by atoms with Gasteiger partial charge in [-0.3, -0.25) is 4.79 Å². The van der Waals surface area contributed by atoms with Crippen LogP contribution in [0.2, 0.25) is 0 Å². The SMILES string of the molecule is C=C(C1CCCCC1)N1CC(=O)N2CCc3ccccc3C2C1. The lowest BCUT2D eigenvalue weighted by Crippen LogP contribution is -2.54. The fourth-order valence-electron chi connectivity index (χ4n) is 4.59. The Morgan fingerprint density at radius 2 is 1.91 bits per heavy atom. The smallest absolute Gasteiger partial charge is 0.242 e. The van der Waals surface area contributed by atoms with Crippen molar-refractivity contribution in [1.29, 1.82) is 0 Å². The molecule has 1 amide bonds. The molecule has 0 bridgehead atoms. The molecule has 0 radical (unpaired) electrons. The van der Waals surface area contributed by atoms with E-state index in [4.69, 9.17) is 0 Å². The van der Waals surface area contributed by atoms with Crippen LogP contribution >= 0.6 is 0 Å². The van der Waals surface area contributed by atoms with Crippen LogP contribution in [-0.2, 0) is 11.2 Å². The average molecular weight is 310 g/mol. The number of carbonyl (C=O) groups is 1. The second-order valence-electron chi connectivity index (χ2n) is 7.26. The first-order chi connectivity index (χ1) is 11.2. The van der Waals surface area contributed by atoms with Crippen LogP contribution in [0.3, 0.4) is 0 Å². The van der Waals surface area contributed by atoms with E-state index in [9.17, 15) is 4.79 Å². The highest BCUT2D eigenvalue weighted by atomic mass is 16.2. The molecule has 0 N–H and O–H groups in total. The number of allylic oxidation sites excluding steroid dienone is 1. The van der Waals surface area contributed by atoms with Gasteiger partial charge in [-0.05, 0) is 36.3 Å². The van der Waals surface area contributed by atoms with Crippen LogP contribution in [-0.4, -0.2) is 35.3 Å². The number of benzene rings is 1. The van der Waals surface area contributed by atoms with Gasteiger partial charge >= 0.3 is 0 Å². The maximum absolute atomic E-state index is 12.7. The van der Waals surface area contributed by atoms with Crippen LogP contribution in [0.5, 0.6) is 0 Å². The van der Waals surface area contributed by atoms with Gasteiger partial charge in [0.05, 0.1) is 12.6 Å². The summed E-state index contributed by atoms with van der Waals surface area (Å²) in [4.78, 5) is 17.0. The molecule has 1 saturated heterocycles. The number of piperazine rings is 1. The largest absolute Gasteiger partial charge is 0.363 e. The van der Waals surface area contributed by atoms with Crippen molar-refractivity contribution >= 4 is 5.91 Å². The summed E-state index contributed by atoms with van der Waals surface area (Å²) in [6, 6.07) is 8.83. The van der Waals surface area contributed by atoms with Gasteiger partial charge in [-0.2, -0.15) is 0 Å². The number of carbonyl (C=O) groups excluding carboxylic acids is 1. The van der Waals surface area contributed by atoms with Crippen LogP contribution in [0, 0.1) is 5.92 Å². The first kappa shape index (κ1) is 14.8. The van der Waals surface area contributed by atoms with Crippen molar-refractivity contribution in [1.82, 2.24) is 9.80 Å². The Morgan fingerprint density at radius 3 is 2.74 bits per heavy atom. The van der Waals surface area contributed by atoms with Gasteiger partial charge in [0.15, 0.2) is 0 Å². The van der Waals surface area contributed by atoms with Gasteiger partial charge < -0.3 is 9.80 Å². The fraction of sp³-hybridized carbons (Fsp3) is 0.550. The zero-order valence-electron chi connectivity index (χ0n) is 13.8. The lowest BCUT2D eigenvalue weighted by Gasteiger charge is -2.47. The van der Waals surface area contributed by atoms with Crippen LogP contribution in [0.1, 0.15) is 49.3 Å².